The van der Waals surface area contributed by atoms with Gasteiger partial charge in [0.2, 0.25) is 5.76 Å². The average molecular weight is 224 g/mol. The number of furan rings is 1. The maximum atomic E-state index is 10.5. The second-order valence-corrected chi connectivity index (χ2v) is 3.75. The molecule has 2 heterocycles. The van der Waals surface area contributed by atoms with Crippen LogP contribution in [-0.4, -0.2) is 16.1 Å². The van der Waals surface area contributed by atoms with E-state index in [1.54, 1.807) is 6.07 Å². The summed E-state index contributed by atoms with van der Waals surface area (Å²) in [4.78, 5) is 14.7. The van der Waals surface area contributed by atoms with Crippen molar-refractivity contribution in [2.45, 2.75) is 6.92 Å². The van der Waals surface area contributed by atoms with Gasteiger partial charge in [-0.3, -0.25) is 0 Å². The second kappa shape index (κ2) is 3.74. The van der Waals surface area contributed by atoms with Crippen LogP contribution < -0.4 is 5.32 Å². The number of aryl methyl sites for hydroxylation is 1. The summed E-state index contributed by atoms with van der Waals surface area (Å²) in [6.45, 7) is 1.88. The number of carboxylic acid groups (broad SMARTS) is 1. The molecular formula is C9H8N2O3S. The van der Waals surface area contributed by atoms with Gasteiger partial charge >= 0.3 is 5.97 Å². The van der Waals surface area contributed by atoms with E-state index in [1.807, 2.05) is 12.3 Å². The van der Waals surface area contributed by atoms with Crippen molar-refractivity contribution in [3.8, 4) is 0 Å². The molecule has 2 N–H and O–H groups in total. The van der Waals surface area contributed by atoms with Crippen LogP contribution in [0.3, 0.4) is 0 Å². The van der Waals surface area contributed by atoms with Gasteiger partial charge in [0.25, 0.3) is 0 Å². The highest BCUT2D eigenvalue weighted by Crippen LogP contribution is 2.22. The largest absolute Gasteiger partial charge is 0.475 e. The van der Waals surface area contributed by atoms with Crippen LogP contribution in [0.15, 0.2) is 21.9 Å². The third-order valence-corrected chi connectivity index (χ3v) is 2.54. The van der Waals surface area contributed by atoms with Gasteiger partial charge in [-0.15, -0.1) is 11.3 Å². The van der Waals surface area contributed by atoms with Gasteiger partial charge in [-0.1, -0.05) is 0 Å². The number of nitrogens with one attached hydrogen (secondary N) is 1. The number of carboxylic acids is 1. The Hall–Kier alpha value is -1.82. The average Bonchev–Trinajstić information content (AvgIpc) is 2.76. The van der Waals surface area contributed by atoms with Crippen LogP contribution in [0.5, 0.6) is 0 Å². The fourth-order valence-electron chi connectivity index (χ4n) is 1.04. The Morgan fingerprint density at radius 3 is 2.93 bits per heavy atom. The number of rotatable bonds is 3. The van der Waals surface area contributed by atoms with E-state index in [0.717, 1.165) is 5.69 Å². The van der Waals surface area contributed by atoms with Gasteiger partial charge in [-0.05, 0) is 13.0 Å². The molecule has 2 aromatic heterocycles. The zero-order valence-electron chi connectivity index (χ0n) is 7.85. The molecule has 0 saturated heterocycles. The standard InChI is InChI=1S/C9H8N2O3S/c1-5-4-15-9(10-5)11-7-3-2-6(14-7)8(12)13/h2-4H,1H3,(H,10,11)(H,12,13). The summed E-state index contributed by atoms with van der Waals surface area (Å²) in [5.41, 5.74) is 0.910. The van der Waals surface area contributed by atoms with E-state index in [1.165, 1.54) is 17.4 Å². The number of hydrogen-bond acceptors (Lipinski definition) is 5. The van der Waals surface area contributed by atoms with Gasteiger partial charge in [0.15, 0.2) is 11.0 Å². The molecule has 0 atom stereocenters. The summed E-state index contributed by atoms with van der Waals surface area (Å²) in [5, 5.41) is 14.1. The van der Waals surface area contributed by atoms with E-state index < -0.39 is 5.97 Å². The van der Waals surface area contributed by atoms with Crippen LogP contribution in [0.25, 0.3) is 0 Å². The van der Waals surface area contributed by atoms with E-state index in [-0.39, 0.29) is 5.76 Å². The minimum Gasteiger partial charge on any atom is -0.475 e. The molecule has 0 fully saturated rings. The zero-order valence-corrected chi connectivity index (χ0v) is 8.67. The van der Waals surface area contributed by atoms with Gasteiger partial charge in [0.1, 0.15) is 0 Å². The van der Waals surface area contributed by atoms with E-state index in [0.29, 0.717) is 11.0 Å². The predicted octanol–water partition coefficient (Wildman–Crippen LogP) is 2.49. The van der Waals surface area contributed by atoms with Crippen molar-refractivity contribution >= 4 is 28.3 Å². The van der Waals surface area contributed by atoms with Crippen LogP contribution in [0, 0.1) is 6.92 Å². The number of nitrogens with zero attached hydrogens (tertiary/aromatic N) is 1. The zero-order chi connectivity index (χ0) is 10.8. The Kier molecular flexibility index (Phi) is 2.42. The van der Waals surface area contributed by atoms with Crippen molar-refractivity contribution in [2.75, 3.05) is 5.32 Å². The van der Waals surface area contributed by atoms with Crippen LogP contribution >= 0.6 is 11.3 Å². The molecule has 0 aliphatic rings. The summed E-state index contributed by atoms with van der Waals surface area (Å²) >= 11 is 1.43. The quantitative estimate of drug-likeness (QED) is 0.837. The fourth-order valence-corrected chi connectivity index (χ4v) is 1.73. The third kappa shape index (κ3) is 2.16. The van der Waals surface area contributed by atoms with Gasteiger partial charge in [-0.25, -0.2) is 9.78 Å². The lowest BCUT2D eigenvalue weighted by Gasteiger charge is -1.95. The van der Waals surface area contributed by atoms with Crippen molar-refractivity contribution in [1.29, 1.82) is 0 Å². The van der Waals surface area contributed by atoms with Crippen LogP contribution in [-0.2, 0) is 0 Å². The van der Waals surface area contributed by atoms with Crippen molar-refractivity contribution < 1.29 is 14.3 Å². The van der Waals surface area contributed by atoms with E-state index in [2.05, 4.69) is 10.3 Å². The third-order valence-electron chi connectivity index (χ3n) is 1.67. The molecule has 6 heteroatoms. The molecule has 0 amide bonds. The molecule has 0 spiro atoms. The molecule has 2 aromatic rings. The second-order valence-electron chi connectivity index (χ2n) is 2.89. The van der Waals surface area contributed by atoms with Crippen molar-refractivity contribution in [2.24, 2.45) is 0 Å². The number of anilines is 2. The van der Waals surface area contributed by atoms with Gasteiger partial charge in [0, 0.05) is 11.4 Å². The highest BCUT2D eigenvalue weighted by molar-refractivity contribution is 7.13. The first kappa shape index (κ1) is 9.72. The summed E-state index contributed by atoms with van der Waals surface area (Å²) < 4.78 is 5.01. The van der Waals surface area contributed by atoms with Gasteiger partial charge in [-0.2, -0.15) is 0 Å². The first-order valence-corrected chi connectivity index (χ1v) is 5.05. The first-order valence-electron chi connectivity index (χ1n) is 4.17. The molecule has 5 nitrogen and oxygen atoms in total. The number of thiazole rings is 1. The number of aromatic carboxylic acids is 1. The Morgan fingerprint density at radius 1 is 1.60 bits per heavy atom. The summed E-state index contributed by atoms with van der Waals surface area (Å²) in [6.07, 6.45) is 0. The topological polar surface area (TPSA) is 75.4 Å². The van der Waals surface area contributed by atoms with Crippen LogP contribution in [0.2, 0.25) is 0 Å². The number of hydrogen-bond donors (Lipinski definition) is 2. The van der Waals surface area contributed by atoms with Gasteiger partial charge in [0.05, 0.1) is 5.69 Å². The molecule has 78 valence electrons. The molecule has 0 aliphatic heterocycles. The Morgan fingerprint density at radius 2 is 2.40 bits per heavy atom. The lowest BCUT2D eigenvalue weighted by Crippen LogP contribution is -1.92. The van der Waals surface area contributed by atoms with E-state index in [4.69, 9.17) is 9.52 Å². The maximum Gasteiger partial charge on any atom is 0.371 e. The molecule has 2 rings (SSSR count). The number of carbonyl (C=O) groups is 1. The first-order chi connectivity index (χ1) is 7.15. The smallest absolute Gasteiger partial charge is 0.371 e. The molecular weight excluding hydrogens is 216 g/mol. The Bertz CT molecular complexity index is 489. The molecule has 0 aromatic carbocycles. The lowest BCUT2D eigenvalue weighted by molar-refractivity contribution is 0.0663. The van der Waals surface area contributed by atoms with Crippen molar-refractivity contribution in [3.63, 3.8) is 0 Å². The summed E-state index contributed by atoms with van der Waals surface area (Å²) in [7, 11) is 0. The van der Waals surface area contributed by atoms with Crippen LogP contribution in [0.4, 0.5) is 11.0 Å². The maximum absolute atomic E-state index is 10.5. The normalized spacial score (nSPS) is 10.2. The summed E-state index contributed by atoms with van der Waals surface area (Å²) in [5.74, 6) is -0.800. The predicted molar refractivity (Wildman–Crippen MR) is 55.8 cm³/mol. The fraction of sp³-hybridized carbons (Fsp3) is 0.111. The van der Waals surface area contributed by atoms with Crippen molar-refractivity contribution in [1.82, 2.24) is 4.98 Å². The monoisotopic (exact) mass is 224 g/mol. The van der Waals surface area contributed by atoms with E-state index >= 15 is 0 Å². The highest BCUT2D eigenvalue weighted by Gasteiger charge is 2.09. The highest BCUT2D eigenvalue weighted by atomic mass is 32.1. The number of aromatic nitrogens is 1. The molecule has 0 radical (unpaired) electrons. The minimum absolute atomic E-state index is 0.0919. The molecule has 0 bridgehead atoms. The molecule has 15 heavy (non-hydrogen) atoms. The van der Waals surface area contributed by atoms with Crippen molar-refractivity contribution in [3.05, 3.63) is 29.0 Å². The van der Waals surface area contributed by atoms with Crippen LogP contribution in [0.1, 0.15) is 16.2 Å². The van der Waals surface area contributed by atoms with Gasteiger partial charge < -0.3 is 14.8 Å². The molecule has 0 aliphatic carbocycles. The molecule has 0 unspecified atom stereocenters. The lowest BCUT2D eigenvalue weighted by atomic mass is 10.5. The Balaban J connectivity index is 2.14. The van der Waals surface area contributed by atoms with E-state index in [9.17, 15) is 4.79 Å². The SMILES string of the molecule is Cc1csc(Nc2ccc(C(=O)O)o2)n1. The Labute approximate surface area is 89.4 Å². The minimum atomic E-state index is -1.08. The molecule has 0 saturated carbocycles. The summed E-state index contributed by atoms with van der Waals surface area (Å²) in [6, 6.07) is 2.95.